The lowest BCUT2D eigenvalue weighted by Crippen LogP contribution is -2.44. The Morgan fingerprint density at radius 1 is 1.28 bits per heavy atom. The molecule has 1 aliphatic heterocycles. The summed E-state index contributed by atoms with van der Waals surface area (Å²) in [4.78, 5) is 54.3. The summed E-state index contributed by atoms with van der Waals surface area (Å²) < 4.78 is 66.2. The molecule has 3 unspecified atom stereocenters. The Morgan fingerprint density at radius 3 is 2.44 bits per heavy atom. The number of nitrogens with zero attached hydrogens (tertiary/aromatic N) is 3. The molecule has 1 aromatic heterocycles. The summed E-state index contributed by atoms with van der Waals surface area (Å²) in [6.45, 7) is 0.00968. The van der Waals surface area contributed by atoms with Crippen LogP contribution in [0.2, 0.25) is 0 Å². The van der Waals surface area contributed by atoms with Crippen LogP contribution in [-0.2, 0) is 31.6 Å². The number of aromatic nitrogens is 3. The summed E-state index contributed by atoms with van der Waals surface area (Å²) in [6, 6.07) is 0. The molecule has 7 N–H and O–H groups in total. The van der Waals surface area contributed by atoms with E-state index in [-0.39, 0.29) is 0 Å². The van der Waals surface area contributed by atoms with Crippen molar-refractivity contribution in [2.24, 2.45) is 0 Å². The zero-order valence-corrected chi connectivity index (χ0v) is 18.3. The summed E-state index contributed by atoms with van der Waals surface area (Å²) in [7, 11) is -17.0. The number of alkyl halides is 1. The van der Waals surface area contributed by atoms with Crippen molar-refractivity contribution in [3.63, 3.8) is 0 Å². The molecular formula is C11H16FN4O13P3. The molecule has 17 nitrogen and oxygen atoms in total. The van der Waals surface area contributed by atoms with Crippen molar-refractivity contribution in [3.8, 4) is 11.8 Å². The Balaban J connectivity index is 2.23. The second-order valence-electron chi connectivity index (χ2n) is 5.91. The Morgan fingerprint density at radius 2 is 1.91 bits per heavy atom. The summed E-state index contributed by atoms with van der Waals surface area (Å²) in [5.41, 5.74) is 1.13. The van der Waals surface area contributed by atoms with Crippen molar-refractivity contribution in [2.45, 2.75) is 31.0 Å². The van der Waals surface area contributed by atoms with Crippen LogP contribution in [0.1, 0.15) is 13.2 Å². The third kappa shape index (κ3) is 6.49. The van der Waals surface area contributed by atoms with Gasteiger partial charge in [-0.2, -0.15) is 13.6 Å². The number of phosphoric acid groups is 3. The van der Waals surface area contributed by atoms with Crippen LogP contribution < -0.4 is 11.4 Å². The van der Waals surface area contributed by atoms with Crippen molar-refractivity contribution < 1.29 is 60.6 Å². The average Bonchev–Trinajstić information content (AvgIpc) is 2.82. The summed E-state index contributed by atoms with van der Waals surface area (Å²) in [5.74, 6) is 3.74. The van der Waals surface area contributed by atoms with E-state index < -0.39 is 65.8 Å². The van der Waals surface area contributed by atoms with Crippen molar-refractivity contribution in [3.05, 3.63) is 16.8 Å². The molecule has 0 aliphatic carbocycles. The summed E-state index contributed by atoms with van der Waals surface area (Å²) >= 11 is 0. The number of nitrogen functional groups attached to an aromatic ring is 1. The van der Waals surface area contributed by atoms with Gasteiger partial charge in [-0.25, -0.2) is 27.9 Å². The number of hydrogen-bond acceptors (Lipinski definition) is 12. The Hall–Kier alpha value is -1.57. The Kier molecular flexibility index (Phi) is 7.80. The molecule has 180 valence electrons. The van der Waals surface area contributed by atoms with Crippen LogP contribution in [0.5, 0.6) is 0 Å². The van der Waals surface area contributed by atoms with Crippen LogP contribution >= 0.6 is 23.5 Å². The zero-order chi connectivity index (χ0) is 24.5. The smallest absolute Gasteiger partial charge is 0.386 e. The van der Waals surface area contributed by atoms with E-state index in [2.05, 4.69) is 29.0 Å². The van der Waals surface area contributed by atoms with Crippen molar-refractivity contribution >= 4 is 29.4 Å². The monoisotopic (exact) mass is 524 g/mol. The molecule has 21 heteroatoms. The van der Waals surface area contributed by atoms with E-state index in [0.29, 0.717) is 4.57 Å². The molecule has 1 fully saturated rings. The minimum Gasteiger partial charge on any atom is -0.386 e. The number of phosphoric ester groups is 1. The second kappa shape index (κ2) is 9.35. The number of nitrogens with two attached hydrogens (primary N) is 1. The number of halogens is 1. The molecule has 0 radical (unpaired) electrons. The van der Waals surface area contributed by atoms with Crippen LogP contribution in [0.4, 0.5) is 10.3 Å². The molecule has 0 spiro atoms. The Bertz CT molecular complexity index is 1130. The minimum absolute atomic E-state index is 0.444. The largest absolute Gasteiger partial charge is 0.490 e. The third-order valence-electron chi connectivity index (χ3n) is 3.58. The SMILES string of the molecule is CC#CC1(F)[C@@H](O)[C@@H](COP(=O)(O)OP(=O)(O)OP(=O)(O)O)O[C@H]1n1cnc(N)nc1=O. The van der Waals surface area contributed by atoms with Gasteiger partial charge >= 0.3 is 29.2 Å². The number of anilines is 1. The molecule has 1 aromatic rings. The van der Waals surface area contributed by atoms with Gasteiger partial charge in [0.15, 0.2) is 6.23 Å². The highest BCUT2D eigenvalue weighted by Crippen LogP contribution is 2.66. The first-order valence-corrected chi connectivity index (χ1v) is 12.5. The van der Waals surface area contributed by atoms with Gasteiger partial charge in [0.05, 0.1) is 6.61 Å². The standard InChI is InChI=1S/C11H16FN4O13P3/c1-2-3-11(12)7(17)6(27-8(11)16-5-14-9(13)15-10(16)18)4-26-31(22,23)29-32(24,25)28-30(19,20)21/h5-8,17H,4H2,1H3,(H,22,23)(H,24,25)(H2,13,15,18)(H2,19,20,21)/t6-,7+,8-,11?/m1/s1. The van der Waals surface area contributed by atoms with Crippen LogP contribution in [0.3, 0.4) is 0 Å². The molecule has 6 atom stereocenters. The molecular weight excluding hydrogens is 508 g/mol. The maximum absolute atomic E-state index is 15.5. The number of aliphatic hydroxyl groups excluding tert-OH is 1. The van der Waals surface area contributed by atoms with Crippen molar-refractivity contribution in [1.29, 1.82) is 0 Å². The van der Waals surface area contributed by atoms with E-state index in [9.17, 15) is 28.5 Å². The molecule has 1 saturated heterocycles. The molecule has 0 saturated carbocycles. The maximum Gasteiger partial charge on any atom is 0.490 e. The quantitative estimate of drug-likeness (QED) is 0.168. The second-order valence-corrected chi connectivity index (χ2v) is 10.3. The number of rotatable bonds is 8. The molecule has 1 aliphatic rings. The average molecular weight is 524 g/mol. The number of hydrogen-bond donors (Lipinski definition) is 6. The topological polar surface area (TPSA) is 263 Å². The zero-order valence-electron chi connectivity index (χ0n) is 15.7. The third-order valence-corrected chi connectivity index (χ3v) is 7.38. The molecule has 32 heavy (non-hydrogen) atoms. The molecule has 0 amide bonds. The summed E-state index contributed by atoms with van der Waals surface area (Å²) in [6.07, 6.45) is -5.26. The van der Waals surface area contributed by atoms with Gasteiger partial charge in [0.2, 0.25) is 11.6 Å². The van der Waals surface area contributed by atoms with E-state index in [1.54, 1.807) is 0 Å². The van der Waals surface area contributed by atoms with Gasteiger partial charge in [-0.15, -0.1) is 5.92 Å². The highest BCUT2D eigenvalue weighted by molar-refractivity contribution is 7.66. The van der Waals surface area contributed by atoms with E-state index in [4.69, 9.17) is 25.2 Å². The van der Waals surface area contributed by atoms with Gasteiger partial charge in [0.1, 0.15) is 18.5 Å². The molecule has 0 aromatic carbocycles. The van der Waals surface area contributed by atoms with Crippen molar-refractivity contribution in [1.82, 2.24) is 14.5 Å². The first-order valence-electron chi connectivity index (χ1n) is 7.95. The predicted octanol–water partition coefficient (Wildman–Crippen LogP) is -1.45. The van der Waals surface area contributed by atoms with E-state index in [0.717, 1.165) is 6.33 Å². The number of aliphatic hydroxyl groups is 1. The first kappa shape index (κ1) is 26.7. The van der Waals surface area contributed by atoms with E-state index in [1.165, 1.54) is 6.92 Å². The van der Waals surface area contributed by atoms with Crippen LogP contribution in [-0.4, -0.2) is 63.7 Å². The van der Waals surface area contributed by atoms with Gasteiger partial charge in [-0.1, -0.05) is 5.92 Å². The van der Waals surface area contributed by atoms with Crippen LogP contribution in [0, 0.1) is 11.8 Å². The van der Waals surface area contributed by atoms with Crippen LogP contribution in [0.15, 0.2) is 11.1 Å². The van der Waals surface area contributed by atoms with Gasteiger partial charge in [0.25, 0.3) is 0 Å². The van der Waals surface area contributed by atoms with Gasteiger partial charge in [0, 0.05) is 0 Å². The minimum atomic E-state index is -5.79. The fourth-order valence-corrected chi connectivity index (χ4v) is 5.50. The number of ether oxygens (including phenoxy) is 1. The molecule has 0 bridgehead atoms. The predicted molar refractivity (Wildman–Crippen MR) is 97.7 cm³/mol. The maximum atomic E-state index is 15.5. The highest BCUT2D eigenvalue weighted by Gasteiger charge is 2.58. The molecule has 2 rings (SSSR count). The van der Waals surface area contributed by atoms with Crippen molar-refractivity contribution in [2.75, 3.05) is 12.3 Å². The van der Waals surface area contributed by atoms with Gasteiger partial charge < -0.3 is 35.2 Å². The van der Waals surface area contributed by atoms with Crippen LogP contribution in [0.25, 0.3) is 0 Å². The van der Waals surface area contributed by atoms with Gasteiger partial charge in [-0.3, -0.25) is 9.09 Å². The van der Waals surface area contributed by atoms with Gasteiger partial charge in [-0.05, 0) is 6.92 Å². The van der Waals surface area contributed by atoms with E-state index in [1.807, 2.05) is 5.92 Å². The fourth-order valence-electron chi connectivity index (χ4n) is 2.47. The highest BCUT2D eigenvalue weighted by atomic mass is 31.3. The lowest BCUT2D eigenvalue weighted by molar-refractivity contribution is -0.0539. The lowest BCUT2D eigenvalue weighted by Gasteiger charge is -2.23. The first-order chi connectivity index (χ1) is 14.5. The normalized spacial score (nSPS) is 29.5. The molecule has 2 heterocycles. The van der Waals surface area contributed by atoms with E-state index >= 15 is 4.39 Å². The lowest BCUT2D eigenvalue weighted by atomic mass is 9.96. The Labute approximate surface area is 177 Å². The fraction of sp³-hybridized carbons (Fsp3) is 0.545. The summed E-state index contributed by atoms with van der Waals surface area (Å²) in [5, 5.41) is 10.3.